The minimum absolute atomic E-state index is 0.103. The summed E-state index contributed by atoms with van der Waals surface area (Å²) in [5.41, 5.74) is 2.09. The Hall–Kier alpha value is -1.66. The largest absolute Gasteiger partial charge is 0.466 e. The lowest BCUT2D eigenvalue weighted by Gasteiger charge is -2.22. The molecule has 1 aromatic carbocycles. The topological polar surface area (TPSA) is 63.7 Å². The molecule has 0 saturated heterocycles. The molecular weight excluding hydrogens is 338 g/mol. The van der Waals surface area contributed by atoms with E-state index >= 15 is 0 Å². The van der Waals surface area contributed by atoms with Crippen molar-refractivity contribution in [1.29, 1.82) is 0 Å². The summed E-state index contributed by atoms with van der Waals surface area (Å²) < 4.78 is 32.6. The van der Waals surface area contributed by atoms with E-state index in [1.165, 1.54) is 0 Å². The van der Waals surface area contributed by atoms with Gasteiger partial charge in [0.05, 0.1) is 17.4 Å². The number of rotatable bonds is 5. The van der Waals surface area contributed by atoms with Gasteiger partial charge >= 0.3 is 5.97 Å². The molecule has 0 aromatic heterocycles. The van der Waals surface area contributed by atoms with Crippen LogP contribution in [0.5, 0.6) is 0 Å². The molecule has 5 nitrogen and oxygen atoms in total. The van der Waals surface area contributed by atoms with Gasteiger partial charge in [0.25, 0.3) is 0 Å². The average molecular weight is 363 g/mol. The van der Waals surface area contributed by atoms with Crippen molar-refractivity contribution >= 4 is 16.0 Å². The van der Waals surface area contributed by atoms with Crippen LogP contribution >= 0.6 is 0 Å². The number of sulfonamides is 1. The lowest BCUT2D eigenvalue weighted by molar-refractivity contribution is -0.144. The summed E-state index contributed by atoms with van der Waals surface area (Å²) in [6.07, 6.45) is 4.53. The van der Waals surface area contributed by atoms with Gasteiger partial charge in [-0.25, -0.2) is 8.42 Å². The zero-order valence-electron chi connectivity index (χ0n) is 14.8. The monoisotopic (exact) mass is 363 g/mol. The summed E-state index contributed by atoms with van der Waals surface area (Å²) in [6, 6.07) is 6.97. The molecule has 0 N–H and O–H groups in total. The van der Waals surface area contributed by atoms with Gasteiger partial charge < -0.3 is 4.74 Å². The smallest absolute Gasteiger partial charge is 0.309 e. The molecule has 2 atom stereocenters. The minimum Gasteiger partial charge on any atom is -0.466 e. The Labute approximate surface area is 149 Å². The molecule has 136 valence electrons. The van der Waals surface area contributed by atoms with Crippen LogP contribution in [0.3, 0.4) is 0 Å². The molecule has 1 saturated carbocycles. The fourth-order valence-electron chi connectivity index (χ4n) is 3.35. The third-order valence-corrected chi connectivity index (χ3v) is 6.75. The fraction of sp³-hybridized carbons (Fsp3) is 0.526. The third kappa shape index (κ3) is 3.96. The van der Waals surface area contributed by atoms with Crippen LogP contribution < -0.4 is 0 Å². The van der Waals surface area contributed by atoms with Crippen LogP contribution in [-0.2, 0) is 19.6 Å². The van der Waals surface area contributed by atoms with Gasteiger partial charge in [-0.1, -0.05) is 29.3 Å². The van der Waals surface area contributed by atoms with Gasteiger partial charge in [-0.3, -0.25) is 4.79 Å². The number of aryl methyl sites for hydroxylation is 1. The van der Waals surface area contributed by atoms with Gasteiger partial charge in [0.2, 0.25) is 10.0 Å². The van der Waals surface area contributed by atoms with E-state index < -0.39 is 10.0 Å². The van der Waals surface area contributed by atoms with Gasteiger partial charge in [-0.2, -0.15) is 4.31 Å². The van der Waals surface area contributed by atoms with E-state index in [1.54, 1.807) is 23.4 Å². The Morgan fingerprint density at radius 1 is 1.28 bits per heavy atom. The summed E-state index contributed by atoms with van der Waals surface area (Å²) in [4.78, 5) is 12.2. The highest BCUT2D eigenvalue weighted by Gasteiger charge is 2.47. The second kappa shape index (κ2) is 7.30. The molecular formula is C19H25NO4S. The lowest BCUT2D eigenvalue weighted by Crippen LogP contribution is -2.33. The zero-order chi connectivity index (χ0) is 18.0. The van der Waals surface area contributed by atoms with Gasteiger partial charge in [0.1, 0.15) is 0 Å². The first-order valence-electron chi connectivity index (χ1n) is 8.86. The number of nitrogens with zero attached hydrogens (tertiary/aromatic N) is 1. The molecule has 1 fully saturated rings. The van der Waals surface area contributed by atoms with Crippen LogP contribution in [0.2, 0.25) is 0 Å². The predicted octanol–water partition coefficient (Wildman–Crippen LogP) is 2.91. The second-order valence-electron chi connectivity index (χ2n) is 6.77. The summed E-state index contributed by atoms with van der Waals surface area (Å²) >= 11 is 0. The Morgan fingerprint density at radius 2 is 2.00 bits per heavy atom. The normalized spacial score (nSPS) is 24.3. The van der Waals surface area contributed by atoms with E-state index in [0.717, 1.165) is 30.4 Å². The highest BCUT2D eigenvalue weighted by Crippen LogP contribution is 2.46. The highest BCUT2D eigenvalue weighted by molar-refractivity contribution is 7.89. The number of carbonyl (C=O) groups is 1. The number of benzene rings is 1. The SMILES string of the molecule is CCOC(=O)[C@H]1C[C@H]1C1=CCCCN(S(=O)(=O)c2ccc(C)cc2)C1. The van der Waals surface area contributed by atoms with Crippen LogP contribution in [0, 0.1) is 18.8 Å². The predicted molar refractivity (Wildman–Crippen MR) is 95.5 cm³/mol. The maximum atomic E-state index is 13.0. The first kappa shape index (κ1) is 18.1. The molecule has 0 radical (unpaired) electrons. The van der Waals surface area contributed by atoms with Gasteiger partial charge in [-0.05, 0) is 51.2 Å². The Kier molecular flexibility index (Phi) is 5.29. The number of esters is 1. The molecule has 25 heavy (non-hydrogen) atoms. The second-order valence-corrected chi connectivity index (χ2v) is 8.71. The van der Waals surface area contributed by atoms with E-state index in [4.69, 9.17) is 4.74 Å². The van der Waals surface area contributed by atoms with Gasteiger partial charge in [-0.15, -0.1) is 0 Å². The van der Waals surface area contributed by atoms with Crippen molar-refractivity contribution in [3.05, 3.63) is 41.5 Å². The highest BCUT2D eigenvalue weighted by atomic mass is 32.2. The van der Waals surface area contributed by atoms with Crippen molar-refractivity contribution < 1.29 is 17.9 Å². The summed E-state index contributed by atoms with van der Waals surface area (Å²) in [7, 11) is -3.51. The van der Waals surface area contributed by atoms with Crippen LogP contribution in [0.4, 0.5) is 0 Å². The number of allylic oxidation sites excluding steroid dienone is 1. The number of carbonyl (C=O) groups excluding carboxylic acids is 1. The molecule has 0 spiro atoms. The van der Waals surface area contributed by atoms with Crippen LogP contribution in [0.15, 0.2) is 40.8 Å². The van der Waals surface area contributed by atoms with E-state index in [2.05, 4.69) is 6.08 Å². The van der Waals surface area contributed by atoms with Crippen LogP contribution in [-0.4, -0.2) is 38.4 Å². The van der Waals surface area contributed by atoms with Crippen molar-refractivity contribution in [2.24, 2.45) is 11.8 Å². The van der Waals surface area contributed by atoms with Crippen molar-refractivity contribution in [2.75, 3.05) is 19.7 Å². The number of ether oxygens (including phenoxy) is 1. The number of hydrogen-bond acceptors (Lipinski definition) is 4. The first-order chi connectivity index (χ1) is 11.9. The average Bonchev–Trinajstić information content (AvgIpc) is 3.38. The summed E-state index contributed by atoms with van der Waals surface area (Å²) in [5, 5.41) is 0. The minimum atomic E-state index is -3.51. The van der Waals surface area contributed by atoms with Gasteiger partial charge in [0.15, 0.2) is 0 Å². The van der Waals surface area contributed by atoms with Crippen LogP contribution in [0.25, 0.3) is 0 Å². The van der Waals surface area contributed by atoms with Crippen molar-refractivity contribution in [1.82, 2.24) is 4.31 Å². The quantitative estimate of drug-likeness (QED) is 0.596. The molecule has 1 aromatic rings. The third-order valence-electron chi connectivity index (χ3n) is 4.89. The molecule has 1 aliphatic carbocycles. The maximum Gasteiger partial charge on any atom is 0.309 e. The van der Waals surface area contributed by atoms with E-state index in [9.17, 15) is 13.2 Å². The molecule has 1 aliphatic heterocycles. The van der Waals surface area contributed by atoms with Crippen LogP contribution in [0.1, 0.15) is 31.7 Å². The van der Waals surface area contributed by atoms with Crippen molar-refractivity contribution in [3.8, 4) is 0 Å². The molecule has 0 unspecified atom stereocenters. The standard InChI is InChI=1S/C19H25NO4S/c1-3-24-19(21)18-12-17(18)15-6-4-5-11-20(13-15)25(22,23)16-9-7-14(2)8-10-16/h6-10,17-18H,3-5,11-13H2,1-2H3/t17-,18-/m0/s1. The zero-order valence-corrected chi connectivity index (χ0v) is 15.6. The molecule has 6 heteroatoms. The summed E-state index contributed by atoms with van der Waals surface area (Å²) in [6.45, 7) is 5.00. The molecule has 1 heterocycles. The Bertz CT molecular complexity index is 767. The van der Waals surface area contributed by atoms with E-state index in [0.29, 0.717) is 24.6 Å². The maximum absolute atomic E-state index is 13.0. The fourth-order valence-corrected chi connectivity index (χ4v) is 4.82. The van der Waals surface area contributed by atoms with Crippen molar-refractivity contribution in [3.63, 3.8) is 0 Å². The van der Waals surface area contributed by atoms with Gasteiger partial charge in [0, 0.05) is 13.1 Å². The lowest BCUT2D eigenvalue weighted by atomic mass is 10.1. The Morgan fingerprint density at radius 3 is 2.68 bits per heavy atom. The number of hydrogen-bond donors (Lipinski definition) is 0. The molecule has 0 amide bonds. The first-order valence-corrected chi connectivity index (χ1v) is 10.3. The summed E-state index contributed by atoms with van der Waals surface area (Å²) in [5.74, 6) is -0.133. The van der Waals surface area contributed by atoms with E-state index in [-0.39, 0.29) is 17.8 Å². The molecule has 3 rings (SSSR count). The Balaban J connectivity index is 1.75. The molecule has 2 aliphatic rings. The van der Waals surface area contributed by atoms with Crippen molar-refractivity contribution in [2.45, 2.75) is 38.0 Å². The van der Waals surface area contributed by atoms with E-state index in [1.807, 2.05) is 19.1 Å². The molecule has 0 bridgehead atoms.